The second-order valence-electron chi connectivity index (χ2n) is 6.56. The molecular formula is C21H24N4O2S2. The summed E-state index contributed by atoms with van der Waals surface area (Å²) >= 11 is 2.99. The van der Waals surface area contributed by atoms with Crippen LogP contribution in [0.15, 0.2) is 52.5 Å². The molecule has 0 fully saturated rings. The summed E-state index contributed by atoms with van der Waals surface area (Å²) < 4.78 is 7.69. The Morgan fingerprint density at radius 2 is 1.97 bits per heavy atom. The first-order valence-electron chi connectivity index (χ1n) is 9.11. The van der Waals surface area contributed by atoms with Gasteiger partial charge in [0.05, 0.1) is 5.75 Å². The predicted octanol–water partition coefficient (Wildman–Crippen LogP) is 4.46. The van der Waals surface area contributed by atoms with Gasteiger partial charge in [0.1, 0.15) is 12.4 Å². The molecule has 0 bridgehead atoms. The molecule has 8 heteroatoms. The lowest BCUT2D eigenvalue weighted by molar-refractivity contribution is -0.113. The highest BCUT2D eigenvalue weighted by atomic mass is 32.2. The number of hydrogen-bond donors (Lipinski definition) is 1. The topological polar surface area (TPSA) is 69.0 Å². The smallest absolute Gasteiger partial charge is 0.234 e. The van der Waals surface area contributed by atoms with E-state index < -0.39 is 0 Å². The fourth-order valence-corrected chi connectivity index (χ4v) is 3.77. The van der Waals surface area contributed by atoms with Gasteiger partial charge in [0.25, 0.3) is 0 Å². The summed E-state index contributed by atoms with van der Waals surface area (Å²) in [4.78, 5) is 13.4. The van der Waals surface area contributed by atoms with E-state index in [4.69, 9.17) is 4.74 Å². The first kappa shape index (κ1) is 21.3. The zero-order valence-corrected chi connectivity index (χ0v) is 18.6. The molecule has 1 aromatic heterocycles. The van der Waals surface area contributed by atoms with E-state index in [1.54, 1.807) is 11.8 Å². The third kappa shape index (κ3) is 5.77. The van der Waals surface area contributed by atoms with Crippen molar-refractivity contribution in [1.29, 1.82) is 0 Å². The number of thioether (sulfide) groups is 2. The molecule has 0 saturated heterocycles. The molecule has 0 aliphatic heterocycles. The number of nitrogens with zero attached hydrogens (tertiary/aromatic N) is 3. The van der Waals surface area contributed by atoms with Gasteiger partial charge in [-0.3, -0.25) is 4.79 Å². The number of ether oxygens (including phenoxy) is 1. The lowest BCUT2D eigenvalue weighted by Crippen LogP contribution is -2.14. The molecule has 29 heavy (non-hydrogen) atoms. The van der Waals surface area contributed by atoms with Gasteiger partial charge in [-0.25, -0.2) is 0 Å². The predicted molar refractivity (Wildman–Crippen MR) is 119 cm³/mol. The summed E-state index contributed by atoms with van der Waals surface area (Å²) in [6.07, 6.45) is 2.01. The maximum Gasteiger partial charge on any atom is 0.234 e. The maximum absolute atomic E-state index is 12.3. The number of carbonyl (C=O) groups is 1. The zero-order chi connectivity index (χ0) is 20.8. The lowest BCUT2D eigenvalue weighted by atomic mass is 10.1. The third-order valence-corrected chi connectivity index (χ3v) is 6.20. The van der Waals surface area contributed by atoms with E-state index in [1.165, 1.54) is 22.9 Å². The molecule has 0 aliphatic rings. The highest BCUT2D eigenvalue weighted by molar-refractivity contribution is 7.99. The van der Waals surface area contributed by atoms with E-state index in [9.17, 15) is 4.79 Å². The number of aryl methyl sites for hydroxylation is 2. The van der Waals surface area contributed by atoms with E-state index in [2.05, 4.69) is 29.4 Å². The molecule has 1 N–H and O–H groups in total. The number of nitrogens with one attached hydrogen (secondary N) is 1. The molecule has 3 aromatic rings. The van der Waals surface area contributed by atoms with Crippen molar-refractivity contribution in [3.05, 3.63) is 59.4 Å². The van der Waals surface area contributed by atoms with Gasteiger partial charge in [-0.1, -0.05) is 23.9 Å². The highest BCUT2D eigenvalue weighted by Crippen LogP contribution is 2.21. The van der Waals surface area contributed by atoms with Crippen LogP contribution in [-0.2, 0) is 18.4 Å². The molecule has 152 valence electrons. The van der Waals surface area contributed by atoms with Crippen molar-refractivity contribution in [2.45, 2.75) is 30.5 Å². The summed E-state index contributed by atoms with van der Waals surface area (Å²) in [5, 5.41) is 12.0. The van der Waals surface area contributed by atoms with Crippen molar-refractivity contribution < 1.29 is 9.53 Å². The molecule has 0 aliphatic carbocycles. The molecule has 0 spiro atoms. The molecule has 0 atom stereocenters. The van der Waals surface area contributed by atoms with Crippen LogP contribution in [0.3, 0.4) is 0 Å². The Balaban J connectivity index is 1.53. The Morgan fingerprint density at radius 1 is 1.14 bits per heavy atom. The van der Waals surface area contributed by atoms with E-state index >= 15 is 0 Å². The number of anilines is 1. The molecule has 0 saturated carbocycles. The number of carbonyl (C=O) groups excluding carboxylic acids is 1. The molecular weight excluding hydrogens is 404 g/mol. The lowest BCUT2D eigenvalue weighted by Gasteiger charge is -2.09. The van der Waals surface area contributed by atoms with Gasteiger partial charge < -0.3 is 14.6 Å². The van der Waals surface area contributed by atoms with Gasteiger partial charge in [0.15, 0.2) is 11.0 Å². The highest BCUT2D eigenvalue weighted by Gasteiger charge is 2.12. The molecule has 0 unspecified atom stereocenters. The first-order chi connectivity index (χ1) is 14.0. The Labute approximate surface area is 179 Å². The van der Waals surface area contributed by atoms with Gasteiger partial charge in [0.2, 0.25) is 5.91 Å². The van der Waals surface area contributed by atoms with Crippen LogP contribution >= 0.6 is 23.5 Å². The van der Waals surface area contributed by atoms with Crippen LogP contribution in [0.2, 0.25) is 0 Å². The molecule has 3 rings (SSSR count). The average Bonchev–Trinajstić information content (AvgIpc) is 3.07. The van der Waals surface area contributed by atoms with E-state index in [-0.39, 0.29) is 11.7 Å². The van der Waals surface area contributed by atoms with Gasteiger partial charge in [-0.05, 0) is 61.6 Å². The van der Waals surface area contributed by atoms with Crippen LogP contribution in [-0.4, -0.2) is 32.7 Å². The van der Waals surface area contributed by atoms with Crippen molar-refractivity contribution in [3.63, 3.8) is 0 Å². The number of rotatable bonds is 8. The van der Waals surface area contributed by atoms with Crippen LogP contribution < -0.4 is 10.1 Å². The van der Waals surface area contributed by atoms with Crippen molar-refractivity contribution in [3.8, 4) is 5.75 Å². The van der Waals surface area contributed by atoms with E-state index in [0.29, 0.717) is 17.6 Å². The second kappa shape index (κ2) is 9.84. The van der Waals surface area contributed by atoms with Crippen molar-refractivity contribution in [2.75, 3.05) is 17.3 Å². The summed E-state index contributed by atoms with van der Waals surface area (Å²) in [5.41, 5.74) is 3.21. The zero-order valence-electron chi connectivity index (χ0n) is 16.9. The molecule has 1 amide bonds. The Morgan fingerprint density at radius 3 is 2.72 bits per heavy atom. The maximum atomic E-state index is 12.3. The minimum absolute atomic E-state index is 0.0795. The van der Waals surface area contributed by atoms with Crippen LogP contribution in [0, 0.1) is 13.8 Å². The molecule has 1 heterocycles. The fourth-order valence-electron chi connectivity index (χ4n) is 2.58. The van der Waals surface area contributed by atoms with Gasteiger partial charge in [-0.15, -0.1) is 22.0 Å². The third-order valence-electron chi connectivity index (χ3n) is 4.46. The Hall–Kier alpha value is -2.45. The standard InChI is InChI=1S/C21H24N4O2S2/c1-14-8-9-17(10-15(14)2)27-12-19-23-24-21(25(19)3)29-13-20(26)22-16-6-5-7-18(11-16)28-4/h5-11H,12-13H2,1-4H3,(H,22,26). The van der Waals surface area contributed by atoms with Crippen molar-refractivity contribution in [1.82, 2.24) is 14.8 Å². The minimum atomic E-state index is -0.0795. The number of aromatic nitrogens is 3. The number of hydrogen-bond acceptors (Lipinski definition) is 6. The SMILES string of the molecule is CSc1cccc(NC(=O)CSc2nnc(COc3ccc(C)c(C)c3)n2C)c1. The van der Waals surface area contributed by atoms with Crippen LogP contribution in [0.5, 0.6) is 5.75 Å². The molecule has 6 nitrogen and oxygen atoms in total. The monoisotopic (exact) mass is 428 g/mol. The van der Waals surface area contributed by atoms with Gasteiger partial charge >= 0.3 is 0 Å². The fraction of sp³-hybridized carbons (Fsp3) is 0.286. The average molecular weight is 429 g/mol. The first-order valence-corrected chi connectivity index (χ1v) is 11.3. The van der Waals surface area contributed by atoms with Crippen LogP contribution in [0.1, 0.15) is 17.0 Å². The minimum Gasteiger partial charge on any atom is -0.486 e. The molecule has 2 aromatic carbocycles. The Kier molecular flexibility index (Phi) is 7.22. The van der Waals surface area contributed by atoms with E-state index in [1.807, 2.05) is 60.3 Å². The van der Waals surface area contributed by atoms with Crippen LogP contribution in [0.25, 0.3) is 0 Å². The number of benzene rings is 2. The van der Waals surface area contributed by atoms with Gasteiger partial charge in [0, 0.05) is 17.6 Å². The summed E-state index contributed by atoms with van der Waals surface area (Å²) in [5.74, 6) is 1.69. The van der Waals surface area contributed by atoms with Crippen molar-refractivity contribution in [2.24, 2.45) is 7.05 Å². The second-order valence-corrected chi connectivity index (χ2v) is 8.38. The largest absolute Gasteiger partial charge is 0.486 e. The Bertz CT molecular complexity index is 1000. The summed E-state index contributed by atoms with van der Waals surface area (Å²) in [6, 6.07) is 13.8. The van der Waals surface area contributed by atoms with Crippen molar-refractivity contribution >= 4 is 35.1 Å². The summed E-state index contributed by atoms with van der Waals surface area (Å²) in [7, 11) is 1.88. The number of amides is 1. The van der Waals surface area contributed by atoms with Crippen LogP contribution in [0.4, 0.5) is 5.69 Å². The molecule has 0 radical (unpaired) electrons. The normalized spacial score (nSPS) is 10.8. The summed E-state index contributed by atoms with van der Waals surface area (Å²) in [6.45, 7) is 4.45. The van der Waals surface area contributed by atoms with Gasteiger partial charge in [-0.2, -0.15) is 0 Å². The van der Waals surface area contributed by atoms with E-state index in [0.717, 1.165) is 16.3 Å². The quantitative estimate of drug-likeness (QED) is 0.534.